The Kier molecular flexibility index (Phi) is 6.40. The van der Waals surface area contributed by atoms with Crippen LogP contribution in [0.2, 0.25) is 0 Å². The lowest BCUT2D eigenvalue weighted by molar-refractivity contribution is -0.131. The zero-order valence-corrected chi connectivity index (χ0v) is 18.4. The maximum absolute atomic E-state index is 13.1. The third-order valence-corrected chi connectivity index (χ3v) is 5.94. The summed E-state index contributed by atoms with van der Waals surface area (Å²) >= 11 is 3.48. The molecule has 3 heterocycles. The van der Waals surface area contributed by atoms with Crippen LogP contribution < -0.4 is 5.32 Å². The van der Waals surface area contributed by atoms with Gasteiger partial charge in [-0.05, 0) is 36.2 Å². The quantitative estimate of drug-likeness (QED) is 0.414. The number of aromatic nitrogens is 3. The summed E-state index contributed by atoms with van der Waals surface area (Å²) < 4.78 is 2.71. The smallest absolute Gasteiger partial charge is 0.272 e. The summed E-state index contributed by atoms with van der Waals surface area (Å²) in [5.41, 5.74) is 2.91. The first-order valence-corrected chi connectivity index (χ1v) is 10.9. The average molecular weight is 490 g/mol. The molecular formula is C21H24BrN5O4. The predicted octanol–water partition coefficient (Wildman–Crippen LogP) is 1.18. The second-order valence-corrected chi connectivity index (χ2v) is 8.54. The van der Waals surface area contributed by atoms with E-state index in [-0.39, 0.29) is 31.2 Å². The molecule has 0 bridgehead atoms. The summed E-state index contributed by atoms with van der Waals surface area (Å²) in [6, 6.07) is 6.86. The fourth-order valence-electron chi connectivity index (χ4n) is 3.77. The fraction of sp³-hybridized carbons (Fsp3) is 0.381. The Labute approximate surface area is 187 Å². The highest BCUT2D eigenvalue weighted by Gasteiger charge is 2.24. The van der Waals surface area contributed by atoms with Crippen molar-refractivity contribution in [2.75, 3.05) is 19.8 Å². The van der Waals surface area contributed by atoms with Gasteiger partial charge in [-0.25, -0.2) is 0 Å². The summed E-state index contributed by atoms with van der Waals surface area (Å²) in [6.45, 7) is 0.877. The molecule has 164 valence electrons. The highest BCUT2D eigenvalue weighted by molar-refractivity contribution is 9.10. The van der Waals surface area contributed by atoms with E-state index >= 15 is 0 Å². The molecule has 4 N–H and O–H groups in total. The van der Waals surface area contributed by atoms with E-state index in [0.29, 0.717) is 19.6 Å². The van der Waals surface area contributed by atoms with Crippen LogP contribution in [0.15, 0.2) is 34.9 Å². The van der Waals surface area contributed by atoms with E-state index in [1.54, 1.807) is 15.6 Å². The topological polar surface area (TPSA) is 123 Å². The van der Waals surface area contributed by atoms with E-state index in [2.05, 4.69) is 31.3 Å². The summed E-state index contributed by atoms with van der Waals surface area (Å²) in [4.78, 5) is 30.4. The number of aryl methyl sites for hydroxylation is 1. The molecule has 0 atom stereocenters. The molecular weight excluding hydrogens is 466 g/mol. The normalized spacial score (nSPS) is 14.0. The van der Waals surface area contributed by atoms with Gasteiger partial charge >= 0.3 is 0 Å². The number of aliphatic hydroxyl groups is 2. The second-order valence-electron chi connectivity index (χ2n) is 7.63. The van der Waals surface area contributed by atoms with Gasteiger partial charge in [0.25, 0.3) is 5.91 Å². The van der Waals surface area contributed by atoms with Crippen LogP contribution in [-0.2, 0) is 24.3 Å². The Bertz CT molecular complexity index is 1100. The van der Waals surface area contributed by atoms with Crippen molar-refractivity contribution in [3.63, 3.8) is 0 Å². The molecule has 31 heavy (non-hydrogen) atoms. The molecule has 0 aliphatic carbocycles. The van der Waals surface area contributed by atoms with Crippen molar-refractivity contribution < 1.29 is 19.8 Å². The molecule has 0 fully saturated rings. The maximum atomic E-state index is 13.1. The predicted molar refractivity (Wildman–Crippen MR) is 117 cm³/mol. The van der Waals surface area contributed by atoms with Gasteiger partial charge in [-0.3, -0.25) is 14.3 Å². The van der Waals surface area contributed by atoms with E-state index in [1.807, 2.05) is 24.4 Å². The van der Waals surface area contributed by atoms with Crippen molar-refractivity contribution in [1.82, 2.24) is 25.0 Å². The molecule has 1 aliphatic heterocycles. The van der Waals surface area contributed by atoms with Crippen LogP contribution >= 0.6 is 15.9 Å². The fourth-order valence-corrected chi connectivity index (χ4v) is 4.13. The van der Waals surface area contributed by atoms with Gasteiger partial charge in [-0.15, -0.1) is 0 Å². The summed E-state index contributed by atoms with van der Waals surface area (Å²) in [6.07, 6.45) is 2.89. The zero-order valence-electron chi connectivity index (χ0n) is 16.8. The molecule has 9 nitrogen and oxygen atoms in total. The number of amides is 2. The first kappa shape index (κ1) is 21.5. The molecule has 0 unspecified atom stereocenters. The highest BCUT2D eigenvalue weighted by atomic mass is 79.9. The van der Waals surface area contributed by atoms with Crippen molar-refractivity contribution in [2.45, 2.75) is 32.0 Å². The van der Waals surface area contributed by atoms with Crippen LogP contribution in [0.4, 0.5) is 0 Å². The largest absolute Gasteiger partial charge is 0.394 e. The molecule has 2 amide bonds. The molecule has 0 saturated heterocycles. The number of H-pyrrole nitrogens is 1. The molecule has 1 aromatic carbocycles. The van der Waals surface area contributed by atoms with E-state index in [4.69, 9.17) is 10.2 Å². The number of nitrogens with zero attached hydrogens (tertiary/aromatic N) is 3. The number of fused-ring (bicyclic) bond motifs is 2. The van der Waals surface area contributed by atoms with Gasteiger partial charge in [0.15, 0.2) is 5.69 Å². The van der Waals surface area contributed by atoms with E-state index < -0.39 is 11.9 Å². The minimum atomic E-state index is -0.733. The second kappa shape index (κ2) is 9.21. The van der Waals surface area contributed by atoms with Gasteiger partial charge in [-0.2, -0.15) is 5.10 Å². The van der Waals surface area contributed by atoms with Crippen LogP contribution in [0.3, 0.4) is 0 Å². The number of halogens is 1. The minimum Gasteiger partial charge on any atom is -0.394 e. The van der Waals surface area contributed by atoms with E-state index in [1.165, 1.54) is 0 Å². The van der Waals surface area contributed by atoms with Crippen molar-refractivity contribution in [3.05, 3.63) is 51.9 Å². The minimum absolute atomic E-state index is 0.0159. The van der Waals surface area contributed by atoms with Crippen LogP contribution in [0.25, 0.3) is 10.9 Å². The lowest BCUT2D eigenvalue weighted by Crippen LogP contribution is -2.40. The highest BCUT2D eigenvalue weighted by Crippen LogP contribution is 2.24. The van der Waals surface area contributed by atoms with Gasteiger partial charge in [0, 0.05) is 34.7 Å². The average Bonchev–Trinajstić information content (AvgIpc) is 3.29. The standard InChI is InChI=1S/C21H24BrN5O4/c22-14-2-3-18-17(7-14)13(9-23-18)6-20(30)26-4-1-5-27-16(10-26)8-19(25-27)21(31)24-15(11-28)12-29/h2-3,7-9,15,23,28-29H,1,4-6,10-12H2,(H,24,31). The van der Waals surface area contributed by atoms with Crippen LogP contribution in [0, 0.1) is 0 Å². The van der Waals surface area contributed by atoms with Gasteiger partial charge in [0.1, 0.15) is 0 Å². The molecule has 10 heteroatoms. The molecule has 2 aromatic heterocycles. The maximum Gasteiger partial charge on any atom is 0.272 e. The van der Waals surface area contributed by atoms with Gasteiger partial charge < -0.3 is 25.4 Å². The lowest BCUT2D eigenvalue weighted by Gasteiger charge is -2.20. The third-order valence-electron chi connectivity index (χ3n) is 5.45. The summed E-state index contributed by atoms with van der Waals surface area (Å²) in [5, 5.41) is 26.2. The third kappa shape index (κ3) is 4.65. The number of hydrogen-bond acceptors (Lipinski definition) is 5. The number of aromatic amines is 1. The number of nitrogens with one attached hydrogen (secondary N) is 2. The van der Waals surface area contributed by atoms with Crippen molar-refractivity contribution in [3.8, 4) is 0 Å². The molecule has 1 aliphatic rings. The van der Waals surface area contributed by atoms with E-state index in [9.17, 15) is 9.59 Å². The van der Waals surface area contributed by atoms with Gasteiger partial charge in [0.2, 0.25) is 5.91 Å². The Morgan fingerprint density at radius 2 is 2.03 bits per heavy atom. The number of aliphatic hydroxyl groups excluding tert-OH is 2. The van der Waals surface area contributed by atoms with Crippen molar-refractivity contribution in [1.29, 1.82) is 0 Å². The van der Waals surface area contributed by atoms with Crippen molar-refractivity contribution >= 4 is 38.6 Å². The molecule has 4 rings (SSSR count). The SMILES string of the molecule is O=C(NC(CO)CO)c1cc2n(n1)CCCN(C(=O)Cc1c[nH]c3ccc(Br)cc13)C2. The monoisotopic (exact) mass is 489 g/mol. The summed E-state index contributed by atoms with van der Waals surface area (Å²) in [5.74, 6) is -0.446. The number of hydrogen-bond donors (Lipinski definition) is 4. The molecule has 0 spiro atoms. The molecule has 0 radical (unpaired) electrons. The summed E-state index contributed by atoms with van der Waals surface area (Å²) in [7, 11) is 0. The number of benzene rings is 1. The number of carbonyl (C=O) groups excluding carboxylic acids is 2. The number of rotatable bonds is 6. The van der Waals surface area contributed by atoms with Crippen molar-refractivity contribution in [2.24, 2.45) is 0 Å². The Morgan fingerprint density at radius 3 is 2.81 bits per heavy atom. The Hall–Kier alpha value is -2.69. The van der Waals surface area contributed by atoms with Crippen LogP contribution in [0.5, 0.6) is 0 Å². The van der Waals surface area contributed by atoms with Crippen LogP contribution in [0.1, 0.15) is 28.2 Å². The first-order chi connectivity index (χ1) is 15.0. The first-order valence-electron chi connectivity index (χ1n) is 10.1. The number of carbonyl (C=O) groups is 2. The van der Waals surface area contributed by atoms with Gasteiger partial charge in [-0.1, -0.05) is 15.9 Å². The lowest BCUT2D eigenvalue weighted by atomic mass is 10.1. The van der Waals surface area contributed by atoms with Gasteiger partial charge in [0.05, 0.1) is 37.9 Å². The molecule has 0 saturated carbocycles. The Balaban J connectivity index is 1.48. The van der Waals surface area contributed by atoms with E-state index in [0.717, 1.165) is 33.1 Å². The van der Waals surface area contributed by atoms with Crippen LogP contribution in [-0.4, -0.2) is 67.5 Å². The molecule has 3 aromatic rings. The zero-order chi connectivity index (χ0) is 22.0. The Morgan fingerprint density at radius 1 is 1.23 bits per heavy atom.